The number of rotatable bonds is 7. The summed E-state index contributed by atoms with van der Waals surface area (Å²) in [6.07, 6.45) is 5.52. The number of ether oxygens (including phenoxy) is 1. The van der Waals surface area contributed by atoms with E-state index in [2.05, 4.69) is 15.5 Å². The van der Waals surface area contributed by atoms with Gasteiger partial charge in [-0.15, -0.1) is 0 Å². The minimum atomic E-state index is -0.274. The van der Waals surface area contributed by atoms with Gasteiger partial charge in [-0.05, 0) is 62.4 Å². The molecule has 0 bridgehead atoms. The number of carbonyl (C=O) groups excluding carboxylic acids is 2. The summed E-state index contributed by atoms with van der Waals surface area (Å²) in [5, 5.41) is 6.32. The van der Waals surface area contributed by atoms with Gasteiger partial charge in [0.1, 0.15) is 5.75 Å². The van der Waals surface area contributed by atoms with Crippen molar-refractivity contribution in [3.63, 3.8) is 0 Å². The van der Waals surface area contributed by atoms with Gasteiger partial charge in [0.05, 0.1) is 10.7 Å². The number of nitrogens with zero attached hydrogens (tertiary/aromatic N) is 1. The van der Waals surface area contributed by atoms with Gasteiger partial charge in [0.15, 0.2) is 6.61 Å². The van der Waals surface area contributed by atoms with Crippen LogP contribution in [0.25, 0.3) is 0 Å². The lowest BCUT2D eigenvalue weighted by Crippen LogP contribution is -2.29. The summed E-state index contributed by atoms with van der Waals surface area (Å²) in [5.74, 6) is 0.421. The minimum absolute atomic E-state index is 0.0368. The van der Waals surface area contributed by atoms with Gasteiger partial charge in [-0.3, -0.25) is 9.59 Å². The largest absolute Gasteiger partial charge is 0.484 e. The molecular weight excluding hydrogens is 402 g/mol. The Hall–Kier alpha value is -2.73. The van der Waals surface area contributed by atoms with E-state index in [1.54, 1.807) is 30.3 Å². The molecule has 0 radical (unpaired) electrons. The van der Waals surface area contributed by atoms with Crippen molar-refractivity contribution in [2.75, 3.05) is 35.2 Å². The van der Waals surface area contributed by atoms with Crippen molar-refractivity contribution in [3.8, 4) is 5.75 Å². The van der Waals surface area contributed by atoms with Gasteiger partial charge >= 0.3 is 0 Å². The van der Waals surface area contributed by atoms with Crippen LogP contribution in [0.2, 0.25) is 5.02 Å². The van der Waals surface area contributed by atoms with Crippen LogP contribution in [0.4, 0.5) is 17.1 Å². The SMILES string of the molecule is O=C(COc1cccc(NC(=O)C2CC2)c1)Nc1ccc(N2CCCCC2)c(Cl)c1. The molecule has 4 rings (SSSR count). The molecule has 1 heterocycles. The van der Waals surface area contributed by atoms with Crippen molar-refractivity contribution < 1.29 is 14.3 Å². The maximum Gasteiger partial charge on any atom is 0.262 e. The first-order valence-electron chi connectivity index (χ1n) is 10.5. The third-order valence-electron chi connectivity index (χ3n) is 5.35. The molecule has 2 aromatic rings. The van der Waals surface area contributed by atoms with E-state index in [1.165, 1.54) is 19.3 Å². The highest BCUT2D eigenvalue weighted by atomic mass is 35.5. The first kappa shape index (κ1) is 20.5. The molecule has 1 aliphatic heterocycles. The second-order valence-corrected chi connectivity index (χ2v) is 8.25. The number of nitrogens with one attached hydrogen (secondary N) is 2. The summed E-state index contributed by atoms with van der Waals surface area (Å²) in [7, 11) is 0. The van der Waals surface area contributed by atoms with E-state index in [9.17, 15) is 9.59 Å². The Morgan fingerprint density at radius 3 is 2.50 bits per heavy atom. The highest BCUT2D eigenvalue weighted by Gasteiger charge is 2.29. The predicted molar refractivity (Wildman–Crippen MR) is 119 cm³/mol. The number of hydrogen-bond donors (Lipinski definition) is 2. The topological polar surface area (TPSA) is 70.7 Å². The Kier molecular flexibility index (Phi) is 6.43. The van der Waals surface area contributed by atoms with Gasteiger partial charge in [0.2, 0.25) is 5.91 Å². The lowest BCUT2D eigenvalue weighted by Gasteiger charge is -2.29. The fourth-order valence-corrected chi connectivity index (χ4v) is 3.88. The van der Waals surface area contributed by atoms with E-state index < -0.39 is 0 Å². The molecule has 1 saturated heterocycles. The molecule has 2 N–H and O–H groups in total. The second kappa shape index (κ2) is 9.39. The van der Waals surface area contributed by atoms with Crippen LogP contribution in [0.3, 0.4) is 0 Å². The van der Waals surface area contributed by atoms with Crippen molar-refractivity contribution >= 4 is 40.5 Å². The Bertz CT molecular complexity index is 924. The Morgan fingerprint density at radius 1 is 1.00 bits per heavy atom. The third-order valence-corrected chi connectivity index (χ3v) is 5.65. The quantitative estimate of drug-likeness (QED) is 0.672. The predicted octanol–water partition coefficient (Wildman–Crippen LogP) is 4.70. The average Bonchev–Trinajstić information content (AvgIpc) is 3.59. The van der Waals surface area contributed by atoms with Gasteiger partial charge in [-0.2, -0.15) is 0 Å². The summed E-state index contributed by atoms with van der Waals surface area (Å²) in [5.41, 5.74) is 2.32. The number of piperidine rings is 1. The van der Waals surface area contributed by atoms with Gasteiger partial charge in [0.25, 0.3) is 5.91 Å². The van der Waals surface area contributed by atoms with Crippen molar-refractivity contribution in [2.45, 2.75) is 32.1 Å². The van der Waals surface area contributed by atoms with E-state index in [1.807, 2.05) is 12.1 Å². The molecule has 2 aromatic carbocycles. The molecule has 1 aliphatic carbocycles. The number of carbonyl (C=O) groups is 2. The van der Waals surface area contributed by atoms with E-state index in [4.69, 9.17) is 16.3 Å². The maximum atomic E-state index is 12.3. The highest BCUT2D eigenvalue weighted by Crippen LogP contribution is 2.31. The van der Waals surface area contributed by atoms with Crippen molar-refractivity contribution in [2.24, 2.45) is 5.92 Å². The summed E-state index contributed by atoms with van der Waals surface area (Å²) in [6, 6.07) is 12.7. The molecule has 0 atom stereocenters. The highest BCUT2D eigenvalue weighted by molar-refractivity contribution is 6.33. The van der Waals surface area contributed by atoms with Crippen LogP contribution >= 0.6 is 11.6 Å². The first-order valence-corrected chi connectivity index (χ1v) is 10.8. The van der Waals surface area contributed by atoms with E-state index >= 15 is 0 Å². The molecule has 2 amide bonds. The number of hydrogen-bond acceptors (Lipinski definition) is 4. The lowest BCUT2D eigenvalue weighted by molar-refractivity contribution is -0.118. The smallest absolute Gasteiger partial charge is 0.262 e. The fraction of sp³-hybridized carbons (Fsp3) is 0.391. The van der Waals surface area contributed by atoms with E-state index in [0.29, 0.717) is 22.1 Å². The molecule has 6 nitrogen and oxygen atoms in total. The van der Waals surface area contributed by atoms with Crippen LogP contribution in [0.5, 0.6) is 5.75 Å². The Morgan fingerprint density at radius 2 is 1.77 bits per heavy atom. The molecule has 7 heteroatoms. The number of anilines is 3. The third kappa shape index (κ3) is 5.45. The van der Waals surface area contributed by atoms with Gasteiger partial charge in [-0.1, -0.05) is 17.7 Å². The van der Waals surface area contributed by atoms with Gasteiger partial charge in [0, 0.05) is 36.4 Å². The molecule has 158 valence electrons. The zero-order chi connectivity index (χ0) is 20.9. The van der Waals surface area contributed by atoms with Crippen molar-refractivity contribution in [1.82, 2.24) is 0 Å². The molecule has 0 aromatic heterocycles. The lowest BCUT2D eigenvalue weighted by atomic mass is 10.1. The monoisotopic (exact) mass is 427 g/mol. The molecule has 0 unspecified atom stereocenters. The first-order chi connectivity index (χ1) is 14.6. The molecule has 0 spiro atoms. The van der Waals surface area contributed by atoms with Crippen molar-refractivity contribution in [3.05, 3.63) is 47.5 Å². The van der Waals surface area contributed by atoms with Crippen LogP contribution in [0.15, 0.2) is 42.5 Å². The Labute approximate surface area is 181 Å². The van der Waals surface area contributed by atoms with Crippen LogP contribution in [0, 0.1) is 5.92 Å². The fourth-order valence-electron chi connectivity index (χ4n) is 3.58. The number of benzene rings is 2. The van der Waals surface area contributed by atoms with Gasteiger partial charge in [-0.25, -0.2) is 0 Å². The average molecular weight is 428 g/mol. The second-order valence-electron chi connectivity index (χ2n) is 7.84. The summed E-state index contributed by atoms with van der Waals surface area (Å²) in [6.45, 7) is 1.89. The van der Waals surface area contributed by atoms with Crippen LogP contribution in [-0.2, 0) is 9.59 Å². The standard InChI is InChI=1S/C23H26ClN3O3/c24-20-14-18(9-10-21(20)27-11-2-1-3-12-27)25-22(28)15-30-19-6-4-5-17(13-19)26-23(29)16-7-8-16/h4-6,9-10,13-14,16H,1-3,7-8,11-12,15H2,(H,25,28)(H,26,29). The normalized spacial score (nSPS) is 16.1. The zero-order valence-electron chi connectivity index (χ0n) is 16.8. The minimum Gasteiger partial charge on any atom is -0.484 e. The van der Waals surface area contributed by atoms with Gasteiger partial charge < -0.3 is 20.3 Å². The molecule has 1 saturated carbocycles. The van der Waals surface area contributed by atoms with E-state index in [-0.39, 0.29) is 24.3 Å². The van der Waals surface area contributed by atoms with Crippen LogP contribution in [0.1, 0.15) is 32.1 Å². The van der Waals surface area contributed by atoms with Crippen LogP contribution < -0.4 is 20.3 Å². The van der Waals surface area contributed by atoms with Crippen molar-refractivity contribution in [1.29, 1.82) is 0 Å². The molecule has 2 fully saturated rings. The van der Waals surface area contributed by atoms with E-state index in [0.717, 1.165) is 31.6 Å². The summed E-state index contributed by atoms with van der Waals surface area (Å²) < 4.78 is 5.58. The Balaban J connectivity index is 1.29. The van der Waals surface area contributed by atoms with Crippen LogP contribution in [-0.4, -0.2) is 31.5 Å². The molecule has 30 heavy (non-hydrogen) atoms. The number of amides is 2. The summed E-state index contributed by atoms with van der Waals surface area (Å²) in [4.78, 5) is 26.4. The number of halogens is 1. The zero-order valence-corrected chi connectivity index (χ0v) is 17.6. The molecular formula is C23H26ClN3O3. The maximum absolute atomic E-state index is 12.3. The summed E-state index contributed by atoms with van der Waals surface area (Å²) >= 11 is 6.45. The molecule has 2 aliphatic rings.